The van der Waals surface area contributed by atoms with Gasteiger partial charge in [-0.2, -0.15) is 0 Å². The molecule has 0 saturated heterocycles. The van der Waals surface area contributed by atoms with Crippen LogP contribution in [0.3, 0.4) is 0 Å². The van der Waals surface area contributed by atoms with E-state index < -0.39 is 23.9 Å². The van der Waals surface area contributed by atoms with Crippen LogP contribution in [0.25, 0.3) is 33.9 Å². The maximum atomic E-state index is 13.2. The molecule has 1 aliphatic rings. The highest BCUT2D eigenvalue weighted by Gasteiger charge is 2.30. The smallest absolute Gasteiger partial charge is 0.341 e. The Balaban J connectivity index is 1.25. The zero-order valence-electron chi connectivity index (χ0n) is 23.0. The van der Waals surface area contributed by atoms with Gasteiger partial charge < -0.3 is 23.6 Å². The second kappa shape index (κ2) is 11.6. The van der Waals surface area contributed by atoms with E-state index in [0.717, 1.165) is 36.1 Å². The van der Waals surface area contributed by atoms with Crippen molar-refractivity contribution in [3.05, 3.63) is 76.6 Å². The first-order chi connectivity index (χ1) is 20.5. The van der Waals surface area contributed by atoms with Crippen molar-refractivity contribution in [3.63, 3.8) is 0 Å². The average molecular weight is 586 g/mol. The van der Waals surface area contributed by atoms with E-state index in [1.807, 2.05) is 0 Å². The number of esters is 2. The third-order valence-electron chi connectivity index (χ3n) is 7.12. The van der Waals surface area contributed by atoms with Crippen LogP contribution in [0.15, 0.2) is 63.8 Å². The Kier molecular flexibility index (Phi) is 7.58. The number of hydrogen-bond donors (Lipinski definition) is 1. The van der Waals surface area contributed by atoms with Gasteiger partial charge in [0.25, 0.3) is 5.91 Å². The molecule has 1 N–H and O–H groups in total. The summed E-state index contributed by atoms with van der Waals surface area (Å²) in [5.41, 5.74) is 3.47. The van der Waals surface area contributed by atoms with E-state index in [9.17, 15) is 14.4 Å². The Morgan fingerprint density at radius 3 is 2.29 bits per heavy atom. The largest absolute Gasteiger partial charge is 0.465 e. The first-order valence-corrected chi connectivity index (χ1v) is 14.4. The van der Waals surface area contributed by atoms with E-state index in [4.69, 9.17) is 28.3 Å². The van der Waals surface area contributed by atoms with Crippen LogP contribution in [0, 0.1) is 0 Å². The number of benzene rings is 1. The minimum atomic E-state index is -1.08. The number of anilines is 1. The number of rotatable bonds is 8. The standard InChI is InChI=1S/C31H27N3O7S/c1-3-21(28(35)34-29-25(31(37)38-2)18-8-4-5-11-24(18)42-29)41-30(36)17-12-13-19-20(16-17)33-27(23-10-7-15-40-23)26(32-19)22-9-6-14-39-22/h6-7,9-10,12-16,21H,3-5,8,11H2,1-2H3,(H,34,35). The first kappa shape index (κ1) is 27.4. The number of aryl methyl sites for hydroxylation is 1. The Hall–Kier alpha value is -4.77. The molecule has 0 bridgehead atoms. The van der Waals surface area contributed by atoms with Crippen LogP contribution in [0.5, 0.6) is 0 Å². The molecule has 42 heavy (non-hydrogen) atoms. The van der Waals surface area contributed by atoms with Crippen molar-refractivity contribution in [1.29, 1.82) is 0 Å². The van der Waals surface area contributed by atoms with Crippen LogP contribution < -0.4 is 5.32 Å². The van der Waals surface area contributed by atoms with E-state index >= 15 is 0 Å². The lowest BCUT2D eigenvalue weighted by atomic mass is 9.95. The van der Waals surface area contributed by atoms with Gasteiger partial charge in [0.05, 0.1) is 41.8 Å². The summed E-state index contributed by atoms with van der Waals surface area (Å²) in [6, 6.07) is 11.9. The molecule has 4 aromatic heterocycles. The summed E-state index contributed by atoms with van der Waals surface area (Å²) in [4.78, 5) is 49.5. The highest BCUT2D eigenvalue weighted by molar-refractivity contribution is 7.17. The lowest BCUT2D eigenvalue weighted by Crippen LogP contribution is -2.32. The molecule has 1 unspecified atom stereocenters. The van der Waals surface area contributed by atoms with E-state index in [-0.39, 0.29) is 12.0 Å². The molecule has 0 radical (unpaired) electrons. The number of methoxy groups -OCH3 is 1. The molecule has 0 spiro atoms. The number of carbonyl (C=O) groups excluding carboxylic acids is 3. The predicted octanol–water partition coefficient (Wildman–Crippen LogP) is 6.45. The Morgan fingerprint density at radius 1 is 0.952 bits per heavy atom. The van der Waals surface area contributed by atoms with Crippen LogP contribution >= 0.6 is 11.3 Å². The van der Waals surface area contributed by atoms with Crippen LogP contribution in [0.4, 0.5) is 5.00 Å². The lowest BCUT2D eigenvalue weighted by molar-refractivity contribution is -0.124. The van der Waals surface area contributed by atoms with Crippen molar-refractivity contribution in [3.8, 4) is 22.9 Å². The van der Waals surface area contributed by atoms with Gasteiger partial charge in [-0.25, -0.2) is 19.6 Å². The lowest BCUT2D eigenvalue weighted by Gasteiger charge is -2.16. The summed E-state index contributed by atoms with van der Waals surface area (Å²) in [5, 5.41) is 3.25. The summed E-state index contributed by atoms with van der Waals surface area (Å²) in [5.74, 6) is -0.672. The number of ether oxygens (including phenoxy) is 2. The number of furan rings is 2. The molecular weight excluding hydrogens is 558 g/mol. The van der Waals surface area contributed by atoms with Gasteiger partial charge in [-0.3, -0.25) is 4.79 Å². The van der Waals surface area contributed by atoms with E-state index in [1.165, 1.54) is 24.7 Å². The van der Waals surface area contributed by atoms with Crippen LogP contribution in [-0.4, -0.2) is 41.0 Å². The van der Waals surface area contributed by atoms with Gasteiger partial charge in [0.1, 0.15) is 16.4 Å². The van der Waals surface area contributed by atoms with Gasteiger partial charge in [0.2, 0.25) is 0 Å². The fourth-order valence-corrected chi connectivity index (χ4v) is 6.32. The fraction of sp³-hybridized carbons (Fsp3) is 0.258. The number of thiophene rings is 1. The Morgan fingerprint density at radius 2 is 1.64 bits per heavy atom. The van der Waals surface area contributed by atoms with Gasteiger partial charge in [-0.05, 0) is 80.1 Å². The first-order valence-electron chi connectivity index (χ1n) is 13.6. The Labute approximate surface area is 244 Å². The van der Waals surface area contributed by atoms with Crippen LogP contribution in [-0.2, 0) is 27.1 Å². The molecule has 1 aliphatic carbocycles. The van der Waals surface area contributed by atoms with Gasteiger partial charge in [0, 0.05) is 4.88 Å². The molecule has 1 atom stereocenters. The highest BCUT2D eigenvalue weighted by atomic mass is 32.1. The molecule has 0 aliphatic heterocycles. The van der Waals surface area contributed by atoms with Crippen molar-refractivity contribution in [1.82, 2.24) is 9.97 Å². The maximum absolute atomic E-state index is 13.2. The summed E-state index contributed by atoms with van der Waals surface area (Å²) in [7, 11) is 1.32. The molecule has 11 heteroatoms. The van der Waals surface area contributed by atoms with E-state index in [1.54, 1.807) is 55.7 Å². The molecule has 1 amide bonds. The summed E-state index contributed by atoms with van der Waals surface area (Å²) in [6.45, 7) is 1.75. The number of nitrogens with zero attached hydrogens (tertiary/aromatic N) is 2. The number of hydrogen-bond acceptors (Lipinski definition) is 10. The SMILES string of the molecule is CCC(OC(=O)c1ccc2nc(-c3ccco3)c(-c3ccco3)nc2c1)C(=O)Nc1sc2c(c1C(=O)OC)CCCC2. The number of amides is 1. The van der Waals surface area contributed by atoms with Crippen molar-refractivity contribution in [2.45, 2.75) is 45.1 Å². The number of nitrogens with one attached hydrogen (secondary N) is 1. The Bertz CT molecular complexity index is 1770. The van der Waals surface area contributed by atoms with Crippen LogP contribution in [0.2, 0.25) is 0 Å². The number of carbonyl (C=O) groups is 3. The second-order valence-corrected chi connectivity index (χ2v) is 10.9. The number of fused-ring (bicyclic) bond motifs is 2. The van der Waals surface area contributed by atoms with Crippen molar-refractivity contribution >= 4 is 45.2 Å². The zero-order chi connectivity index (χ0) is 29.2. The second-order valence-electron chi connectivity index (χ2n) is 9.78. The van der Waals surface area contributed by atoms with E-state index in [2.05, 4.69) is 5.32 Å². The number of aromatic nitrogens is 2. The molecule has 5 aromatic rings. The molecule has 6 rings (SSSR count). The van der Waals surface area contributed by atoms with Gasteiger partial charge in [-0.15, -0.1) is 11.3 Å². The monoisotopic (exact) mass is 585 g/mol. The minimum absolute atomic E-state index is 0.209. The topological polar surface area (TPSA) is 134 Å². The normalized spacial score (nSPS) is 13.4. The summed E-state index contributed by atoms with van der Waals surface area (Å²) >= 11 is 1.38. The van der Waals surface area contributed by atoms with Gasteiger partial charge in [-0.1, -0.05) is 6.92 Å². The van der Waals surface area contributed by atoms with Gasteiger partial charge in [0.15, 0.2) is 17.6 Å². The van der Waals surface area contributed by atoms with Crippen molar-refractivity contribution < 1.29 is 32.7 Å². The molecule has 1 aromatic carbocycles. The molecule has 10 nitrogen and oxygen atoms in total. The molecule has 0 fully saturated rings. The van der Waals surface area contributed by atoms with Gasteiger partial charge >= 0.3 is 11.9 Å². The third-order valence-corrected chi connectivity index (χ3v) is 8.33. The fourth-order valence-electron chi connectivity index (χ4n) is 5.04. The predicted molar refractivity (Wildman–Crippen MR) is 155 cm³/mol. The molecule has 214 valence electrons. The van der Waals surface area contributed by atoms with E-state index in [0.29, 0.717) is 44.5 Å². The summed E-state index contributed by atoms with van der Waals surface area (Å²) in [6.07, 6.45) is 5.85. The molecular formula is C31H27N3O7S. The summed E-state index contributed by atoms with van der Waals surface area (Å²) < 4.78 is 21.8. The van der Waals surface area contributed by atoms with Crippen molar-refractivity contribution in [2.24, 2.45) is 0 Å². The molecule has 0 saturated carbocycles. The zero-order valence-corrected chi connectivity index (χ0v) is 23.8. The third kappa shape index (κ3) is 5.18. The molecule has 4 heterocycles. The minimum Gasteiger partial charge on any atom is -0.465 e. The van der Waals surface area contributed by atoms with Crippen molar-refractivity contribution in [2.75, 3.05) is 12.4 Å². The van der Waals surface area contributed by atoms with Crippen LogP contribution in [0.1, 0.15) is 57.3 Å². The maximum Gasteiger partial charge on any atom is 0.341 e. The quantitative estimate of drug-likeness (QED) is 0.204. The average Bonchev–Trinajstić information content (AvgIpc) is 3.80. The highest BCUT2D eigenvalue weighted by Crippen LogP contribution is 2.39.